The van der Waals surface area contributed by atoms with Crippen LogP contribution in [0.4, 0.5) is 24.5 Å². The lowest BCUT2D eigenvalue weighted by atomic mass is 10.1. The molecule has 2 aromatic rings. The van der Waals surface area contributed by atoms with Gasteiger partial charge < -0.3 is 5.32 Å². The van der Waals surface area contributed by atoms with Crippen molar-refractivity contribution in [1.29, 1.82) is 0 Å². The van der Waals surface area contributed by atoms with Gasteiger partial charge >= 0.3 is 6.18 Å². The van der Waals surface area contributed by atoms with E-state index in [1.54, 1.807) is 6.08 Å². The van der Waals surface area contributed by atoms with E-state index in [0.29, 0.717) is 10.5 Å². The van der Waals surface area contributed by atoms with Crippen LogP contribution in [0, 0.1) is 10.1 Å². The first-order valence-electron chi connectivity index (χ1n) is 9.52. The molecule has 1 fully saturated rings. The summed E-state index contributed by atoms with van der Waals surface area (Å²) in [5, 5.41) is 13.0. The molecule has 1 aliphatic rings. The predicted molar refractivity (Wildman–Crippen MR) is 122 cm³/mol. The second-order valence-electron chi connectivity index (χ2n) is 6.88. The number of carbonyl (C=O) groups excluding carboxylic acids is 2. The van der Waals surface area contributed by atoms with Gasteiger partial charge in [-0.05, 0) is 42.3 Å². The molecule has 1 N–H and O–H groups in total. The fourth-order valence-electron chi connectivity index (χ4n) is 2.99. The summed E-state index contributed by atoms with van der Waals surface area (Å²) in [5.74, 6) is -0.982. The molecule has 0 aromatic heterocycles. The van der Waals surface area contributed by atoms with Crippen molar-refractivity contribution in [1.82, 2.24) is 4.90 Å². The Morgan fingerprint density at radius 3 is 2.48 bits per heavy atom. The maximum atomic E-state index is 13.0. The highest BCUT2D eigenvalue weighted by atomic mass is 32.2. The number of rotatable bonds is 7. The molecule has 172 valence electrons. The minimum absolute atomic E-state index is 0.0733. The Kier molecular flexibility index (Phi) is 7.49. The number of alkyl halides is 3. The molecule has 0 bridgehead atoms. The number of benzene rings is 2. The summed E-state index contributed by atoms with van der Waals surface area (Å²) in [6.45, 7) is 0.122. The molecule has 2 aromatic carbocycles. The third kappa shape index (κ3) is 6.17. The van der Waals surface area contributed by atoms with Crippen molar-refractivity contribution >= 4 is 57.6 Å². The third-order valence-corrected chi connectivity index (χ3v) is 5.95. The van der Waals surface area contributed by atoms with Crippen LogP contribution >= 0.6 is 24.0 Å². The number of para-hydroxylation sites is 1. The topological polar surface area (TPSA) is 92.5 Å². The second kappa shape index (κ2) is 10.1. The Labute approximate surface area is 195 Å². The van der Waals surface area contributed by atoms with Crippen LogP contribution in [0.25, 0.3) is 6.08 Å². The van der Waals surface area contributed by atoms with E-state index in [1.807, 2.05) is 0 Å². The number of anilines is 1. The van der Waals surface area contributed by atoms with Gasteiger partial charge in [-0.25, -0.2) is 0 Å². The number of thioether (sulfide) groups is 1. The number of non-ortho nitro benzene ring substituents is 1. The van der Waals surface area contributed by atoms with Crippen LogP contribution in [0.2, 0.25) is 0 Å². The molecule has 0 atom stereocenters. The Hall–Kier alpha value is -3.25. The number of nitro groups is 1. The number of hydrogen-bond acceptors (Lipinski definition) is 6. The Morgan fingerprint density at radius 1 is 1.18 bits per heavy atom. The van der Waals surface area contributed by atoms with Crippen LogP contribution in [0.1, 0.15) is 24.0 Å². The first kappa shape index (κ1) is 24.4. The molecule has 1 aliphatic heterocycles. The average molecular weight is 496 g/mol. The Bertz CT molecular complexity index is 1130. The van der Waals surface area contributed by atoms with E-state index < -0.39 is 22.6 Å². The lowest BCUT2D eigenvalue weighted by molar-refractivity contribution is -0.384. The van der Waals surface area contributed by atoms with Gasteiger partial charge in [0, 0.05) is 25.1 Å². The molecule has 2 amide bonds. The van der Waals surface area contributed by atoms with Crippen molar-refractivity contribution in [2.24, 2.45) is 0 Å². The lowest BCUT2D eigenvalue weighted by Crippen LogP contribution is -2.29. The van der Waals surface area contributed by atoms with Gasteiger partial charge in [-0.2, -0.15) is 13.2 Å². The van der Waals surface area contributed by atoms with E-state index in [-0.39, 0.29) is 41.0 Å². The third-order valence-electron chi connectivity index (χ3n) is 4.57. The number of carbonyl (C=O) groups is 2. The minimum Gasteiger partial charge on any atom is -0.326 e. The number of nitrogens with one attached hydrogen (secondary N) is 1. The summed E-state index contributed by atoms with van der Waals surface area (Å²) < 4.78 is 39.4. The molecule has 0 aliphatic carbocycles. The molecule has 0 unspecified atom stereocenters. The van der Waals surface area contributed by atoms with Gasteiger partial charge in [0.05, 0.1) is 21.1 Å². The first-order chi connectivity index (χ1) is 15.6. The molecule has 7 nitrogen and oxygen atoms in total. The second-order valence-corrected chi connectivity index (χ2v) is 8.55. The maximum absolute atomic E-state index is 13.0. The SMILES string of the molecule is O=C(CCCN1C(=O)/C(=C/c2ccc([N+](=O)[O-])cc2)SC1=S)Nc1ccccc1C(F)(F)F. The summed E-state index contributed by atoms with van der Waals surface area (Å²) in [4.78, 5) is 36.6. The highest BCUT2D eigenvalue weighted by Crippen LogP contribution is 2.35. The van der Waals surface area contributed by atoms with Crippen LogP contribution in [0.5, 0.6) is 0 Å². The average Bonchev–Trinajstić information content (AvgIpc) is 3.01. The standard InChI is InChI=1S/C21H16F3N3O4S2/c22-21(23,24)15-4-1-2-5-16(15)25-18(28)6-3-11-26-19(29)17(33-20(26)32)12-13-7-9-14(10-8-13)27(30)31/h1-2,4-5,7-10,12H,3,6,11H2,(H,25,28)/b17-12-. The molecule has 12 heteroatoms. The van der Waals surface area contributed by atoms with Crippen molar-refractivity contribution in [3.8, 4) is 0 Å². The zero-order valence-corrected chi connectivity index (χ0v) is 18.4. The van der Waals surface area contributed by atoms with Crippen LogP contribution in [0.3, 0.4) is 0 Å². The van der Waals surface area contributed by atoms with Crippen molar-refractivity contribution < 1.29 is 27.7 Å². The van der Waals surface area contributed by atoms with Gasteiger partial charge in [-0.15, -0.1) is 0 Å². The number of halogens is 3. The fourth-order valence-corrected chi connectivity index (χ4v) is 4.29. The van der Waals surface area contributed by atoms with Crippen LogP contribution < -0.4 is 5.32 Å². The number of thiocarbonyl (C=S) groups is 1. The molecule has 33 heavy (non-hydrogen) atoms. The largest absolute Gasteiger partial charge is 0.418 e. The van der Waals surface area contributed by atoms with Gasteiger partial charge in [0.2, 0.25) is 5.91 Å². The van der Waals surface area contributed by atoms with Gasteiger partial charge in [-0.1, -0.05) is 36.1 Å². The van der Waals surface area contributed by atoms with E-state index in [4.69, 9.17) is 12.2 Å². The molecule has 0 radical (unpaired) electrons. The Morgan fingerprint density at radius 2 is 1.85 bits per heavy atom. The van der Waals surface area contributed by atoms with Crippen molar-refractivity contribution in [2.75, 3.05) is 11.9 Å². The number of nitrogens with zero attached hydrogens (tertiary/aromatic N) is 2. The highest BCUT2D eigenvalue weighted by Gasteiger charge is 2.34. The fraction of sp³-hybridized carbons (Fsp3) is 0.190. The van der Waals surface area contributed by atoms with Gasteiger partial charge in [0.15, 0.2) is 0 Å². The monoisotopic (exact) mass is 495 g/mol. The van der Waals surface area contributed by atoms with E-state index >= 15 is 0 Å². The summed E-state index contributed by atoms with van der Waals surface area (Å²) in [7, 11) is 0. The Balaban J connectivity index is 1.57. The van der Waals surface area contributed by atoms with Crippen LogP contribution in [0.15, 0.2) is 53.4 Å². The van der Waals surface area contributed by atoms with Gasteiger partial charge in [-0.3, -0.25) is 24.6 Å². The molecule has 3 rings (SSSR count). The summed E-state index contributed by atoms with van der Waals surface area (Å²) in [6.07, 6.45) is -2.95. The van der Waals surface area contributed by atoms with Crippen molar-refractivity contribution in [3.63, 3.8) is 0 Å². The van der Waals surface area contributed by atoms with E-state index in [0.717, 1.165) is 17.8 Å². The summed E-state index contributed by atoms with van der Waals surface area (Å²) in [5.41, 5.74) is -0.752. The van der Waals surface area contributed by atoms with Crippen LogP contribution in [-0.2, 0) is 15.8 Å². The molecule has 0 spiro atoms. The van der Waals surface area contributed by atoms with E-state index in [1.165, 1.54) is 47.4 Å². The lowest BCUT2D eigenvalue weighted by Gasteiger charge is -2.15. The number of hydrogen-bond donors (Lipinski definition) is 1. The maximum Gasteiger partial charge on any atom is 0.418 e. The molecule has 1 saturated heterocycles. The highest BCUT2D eigenvalue weighted by molar-refractivity contribution is 8.26. The van der Waals surface area contributed by atoms with E-state index in [9.17, 15) is 32.9 Å². The zero-order valence-electron chi connectivity index (χ0n) is 16.8. The summed E-state index contributed by atoms with van der Waals surface area (Å²) in [6, 6.07) is 10.3. The molecular formula is C21H16F3N3O4S2. The number of nitro benzene ring substituents is 1. The minimum atomic E-state index is -4.60. The van der Waals surface area contributed by atoms with Gasteiger partial charge in [0.1, 0.15) is 4.32 Å². The quantitative estimate of drug-likeness (QED) is 0.245. The summed E-state index contributed by atoms with van der Waals surface area (Å²) >= 11 is 6.28. The van der Waals surface area contributed by atoms with Crippen molar-refractivity contribution in [3.05, 3.63) is 74.7 Å². The molecule has 0 saturated carbocycles. The number of amides is 2. The molecular weight excluding hydrogens is 479 g/mol. The van der Waals surface area contributed by atoms with Crippen molar-refractivity contribution in [2.45, 2.75) is 19.0 Å². The predicted octanol–water partition coefficient (Wildman–Crippen LogP) is 5.23. The molecule has 1 heterocycles. The van der Waals surface area contributed by atoms with Crippen LogP contribution in [-0.4, -0.2) is 32.5 Å². The van der Waals surface area contributed by atoms with E-state index in [2.05, 4.69) is 5.32 Å². The zero-order chi connectivity index (χ0) is 24.2. The smallest absolute Gasteiger partial charge is 0.326 e. The van der Waals surface area contributed by atoms with Gasteiger partial charge in [0.25, 0.3) is 11.6 Å². The normalized spacial score (nSPS) is 15.2. The first-order valence-corrected chi connectivity index (χ1v) is 10.7.